The van der Waals surface area contributed by atoms with Crippen molar-refractivity contribution >= 4 is 5.91 Å². The van der Waals surface area contributed by atoms with Crippen LogP contribution in [0.3, 0.4) is 0 Å². The Hall–Kier alpha value is -1.58. The molecule has 0 radical (unpaired) electrons. The highest BCUT2D eigenvalue weighted by atomic mass is 16.1. The first kappa shape index (κ1) is 11.5. The first-order valence-corrected chi connectivity index (χ1v) is 6.78. The van der Waals surface area contributed by atoms with Crippen LogP contribution < -0.4 is 5.32 Å². The zero-order valence-corrected chi connectivity index (χ0v) is 10.5. The number of allylic oxidation sites excluding steroid dienone is 2. The lowest BCUT2D eigenvalue weighted by Gasteiger charge is -2.27. The third kappa shape index (κ3) is 2.33. The normalized spacial score (nSPS) is 26.7. The molecule has 2 heterocycles. The van der Waals surface area contributed by atoms with E-state index in [-0.39, 0.29) is 17.9 Å². The topological polar surface area (TPSA) is 46.9 Å². The van der Waals surface area contributed by atoms with Gasteiger partial charge in [0.1, 0.15) is 5.82 Å². The van der Waals surface area contributed by atoms with Gasteiger partial charge in [0.25, 0.3) is 0 Å². The van der Waals surface area contributed by atoms with Gasteiger partial charge in [0.05, 0.1) is 0 Å². The minimum absolute atomic E-state index is 0.180. The number of carbonyl (C=O) groups is 1. The van der Waals surface area contributed by atoms with Gasteiger partial charge in [-0.2, -0.15) is 0 Å². The zero-order valence-electron chi connectivity index (χ0n) is 10.5. The van der Waals surface area contributed by atoms with E-state index in [2.05, 4.69) is 27.0 Å². The van der Waals surface area contributed by atoms with Gasteiger partial charge >= 0.3 is 0 Å². The van der Waals surface area contributed by atoms with Crippen LogP contribution in [0.15, 0.2) is 24.5 Å². The Morgan fingerprint density at radius 1 is 1.39 bits per heavy atom. The van der Waals surface area contributed by atoms with Crippen LogP contribution in [-0.2, 0) is 17.8 Å². The third-order valence-corrected chi connectivity index (χ3v) is 3.92. The SMILES string of the molecule is O=C(NC1CCc2nccn2C1)C1CC=CCC1. The minimum atomic E-state index is 0.180. The van der Waals surface area contributed by atoms with Crippen molar-refractivity contribution in [1.29, 1.82) is 0 Å². The molecule has 0 aromatic carbocycles. The van der Waals surface area contributed by atoms with Crippen molar-refractivity contribution in [1.82, 2.24) is 14.9 Å². The monoisotopic (exact) mass is 245 g/mol. The van der Waals surface area contributed by atoms with Crippen molar-refractivity contribution in [2.45, 2.75) is 44.7 Å². The Labute approximate surface area is 107 Å². The molecule has 2 unspecified atom stereocenters. The molecule has 4 nitrogen and oxygen atoms in total. The number of nitrogens with one attached hydrogen (secondary N) is 1. The fourth-order valence-electron chi connectivity index (χ4n) is 2.84. The van der Waals surface area contributed by atoms with Crippen LogP contribution in [0.1, 0.15) is 31.5 Å². The number of aryl methyl sites for hydroxylation is 1. The highest BCUT2D eigenvalue weighted by molar-refractivity contribution is 5.79. The second-order valence-corrected chi connectivity index (χ2v) is 5.22. The van der Waals surface area contributed by atoms with Crippen LogP contribution in [0.2, 0.25) is 0 Å². The molecule has 0 bridgehead atoms. The maximum atomic E-state index is 12.1. The summed E-state index contributed by atoms with van der Waals surface area (Å²) in [6.07, 6.45) is 13.0. The Morgan fingerprint density at radius 2 is 2.33 bits per heavy atom. The first-order valence-electron chi connectivity index (χ1n) is 6.78. The fraction of sp³-hybridized carbons (Fsp3) is 0.571. The maximum Gasteiger partial charge on any atom is 0.223 e. The molecule has 0 saturated carbocycles. The van der Waals surface area contributed by atoms with Gasteiger partial charge in [-0.15, -0.1) is 0 Å². The van der Waals surface area contributed by atoms with E-state index >= 15 is 0 Å². The van der Waals surface area contributed by atoms with E-state index in [0.29, 0.717) is 0 Å². The Balaban J connectivity index is 1.57. The highest BCUT2D eigenvalue weighted by Gasteiger charge is 2.24. The molecule has 1 aromatic rings. The molecule has 1 aliphatic carbocycles. The van der Waals surface area contributed by atoms with Gasteiger partial charge in [0, 0.05) is 37.3 Å². The van der Waals surface area contributed by atoms with Crippen molar-refractivity contribution in [3.8, 4) is 0 Å². The largest absolute Gasteiger partial charge is 0.351 e. The van der Waals surface area contributed by atoms with Gasteiger partial charge < -0.3 is 9.88 Å². The van der Waals surface area contributed by atoms with E-state index in [9.17, 15) is 4.79 Å². The quantitative estimate of drug-likeness (QED) is 0.806. The van der Waals surface area contributed by atoms with Crippen LogP contribution >= 0.6 is 0 Å². The zero-order chi connectivity index (χ0) is 12.4. The summed E-state index contributed by atoms with van der Waals surface area (Å²) in [7, 11) is 0. The molecular weight excluding hydrogens is 226 g/mol. The number of rotatable bonds is 2. The van der Waals surface area contributed by atoms with Crippen molar-refractivity contribution in [2.24, 2.45) is 5.92 Å². The number of hydrogen-bond donors (Lipinski definition) is 1. The highest BCUT2D eigenvalue weighted by Crippen LogP contribution is 2.19. The van der Waals surface area contributed by atoms with Crippen LogP contribution in [0.4, 0.5) is 0 Å². The van der Waals surface area contributed by atoms with Crippen molar-refractivity contribution < 1.29 is 4.79 Å². The molecule has 96 valence electrons. The Morgan fingerprint density at radius 3 is 3.17 bits per heavy atom. The molecule has 2 aliphatic rings. The average molecular weight is 245 g/mol. The van der Waals surface area contributed by atoms with E-state index in [1.165, 1.54) is 0 Å². The lowest BCUT2D eigenvalue weighted by atomic mass is 9.93. The van der Waals surface area contributed by atoms with Gasteiger partial charge in [-0.05, 0) is 25.7 Å². The van der Waals surface area contributed by atoms with E-state index in [0.717, 1.165) is 44.5 Å². The number of fused-ring (bicyclic) bond motifs is 1. The lowest BCUT2D eigenvalue weighted by Crippen LogP contribution is -2.43. The lowest BCUT2D eigenvalue weighted by molar-refractivity contribution is -0.126. The molecule has 2 atom stereocenters. The van der Waals surface area contributed by atoms with Gasteiger partial charge in [-0.1, -0.05) is 12.2 Å². The summed E-state index contributed by atoms with van der Waals surface area (Å²) in [4.78, 5) is 16.4. The molecule has 1 amide bonds. The average Bonchev–Trinajstić information content (AvgIpc) is 2.87. The summed E-state index contributed by atoms with van der Waals surface area (Å²) in [5.41, 5.74) is 0. The molecule has 1 aromatic heterocycles. The minimum Gasteiger partial charge on any atom is -0.351 e. The number of nitrogens with zero attached hydrogens (tertiary/aromatic N) is 2. The smallest absolute Gasteiger partial charge is 0.223 e. The van der Waals surface area contributed by atoms with E-state index < -0.39 is 0 Å². The van der Waals surface area contributed by atoms with Crippen LogP contribution in [0, 0.1) is 5.92 Å². The summed E-state index contributed by atoms with van der Waals surface area (Å²) >= 11 is 0. The molecule has 1 aliphatic heterocycles. The second kappa shape index (κ2) is 4.96. The van der Waals surface area contributed by atoms with E-state index in [1.54, 1.807) is 0 Å². The Kier molecular flexibility index (Phi) is 3.17. The number of carbonyl (C=O) groups excluding carboxylic acids is 1. The third-order valence-electron chi connectivity index (χ3n) is 3.92. The Bertz CT molecular complexity index is 463. The van der Waals surface area contributed by atoms with Crippen molar-refractivity contribution in [3.63, 3.8) is 0 Å². The molecule has 3 rings (SSSR count). The van der Waals surface area contributed by atoms with Crippen molar-refractivity contribution in [3.05, 3.63) is 30.4 Å². The molecule has 0 spiro atoms. The summed E-state index contributed by atoms with van der Waals surface area (Å²) < 4.78 is 2.15. The number of aromatic nitrogens is 2. The van der Waals surface area contributed by atoms with Gasteiger partial charge in [0.2, 0.25) is 5.91 Å². The maximum absolute atomic E-state index is 12.1. The second-order valence-electron chi connectivity index (χ2n) is 5.22. The first-order chi connectivity index (χ1) is 8.83. The fourth-order valence-corrected chi connectivity index (χ4v) is 2.84. The van der Waals surface area contributed by atoms with E-state index in [1.807, 2.05) is 12.4 Å². The number of imidazole rings is 1. The van der Waals surface area contributed by atoms with Gasteiger partial charge in [-0.25, -0.2) is 4.98 Å². The molecule has 0 saturated heterocycles. The predicted octanol–water partition coefficient (Wildman–Crippen LogP) is 1.67. The number of amides is 1. The van der Waals surface area contributed by atoms with Crippen molar-refractivity contribution in [2.75, 3.05) is 0 Å². The molecule has 4 heteroatoms. The van der Waals surface area contributed by atoms with Gasteiger partial charge in [0.15, 0.2) is 0 Å². The van der Waals surface area contributed by atoms with Crippen LogP contribution in [0.5, 0.6) is 0 Å². The summed E-state index contributed by atoms with van der Waals surface area (Å²) in [6.45, 7) is 0.865. The van der Waals surface area contributed by atoms with Crippen LogP contribution in [-0.4, -0.2) is 21.5 Å². The van der Waals surface area contributed by atoms with E-state index in [4.69, 9.17) is 0 Å². The number of hydrogen-bond acceptors (Lipinski definition) is 2. The standard InChI is InChI=1S/C14H19N3O/c18-14(11-4-2-1-3-5-11)16-12-6-7-13-15-8-9-17(13)10-12/h1-2,8-9,11-12H,3-7,10H2,(H,16,18). The van der Waals surface area contributed by atoms with Crippen LogP contribution in [0.25, 0.3) is 0 Å². The van der Waals surface area contributed by atoms with Gasteiger partial charge in [-0.3, -0.25) is 4.79 Å². The molecule has 18 heavy (non-hydrogen) atoms. The summed E-state index contributed by atoms with van der Waals surface area (Å²) in [5.74, 6) is 1.55. The molecule has 0 fully saturated rings. The molecule has 1 N–H and O–H groups in total. The summed E-state index contributed by atoms with van der Waals surface area (Å²) in [6, 6.07) is 0.269. The molecular formula is C14H19N3O. The predicted molar refractivity (Wildman–Crippen MR) is 69.0 cm³/mol. The summed E-state index contributed by atoms with van der Waals surface area (Å²) in [5, 5.41) is 3.20.